The van der Waals surface area contributed by atoms with Crippen molar-refractivity contribution in [2.45, 2.75) is 51.9 Å². The van der Waals surface area contributed by atoms with E-state index in [4.69, 9.17) is 4.98 Å². The molecule has 3 rings (SSSR count). The standard InChI is InChI=1S/C20H25N/c1-15(2)12-18-13-20(17-10-4-3-5-11-17)21-14-19(18)16-8-6-7-9-16/h3-5,10-11,13-16H,6-9,12H2,1-2H3. The number of nitrogens with zero attached hydrogens (tertiary/aromatic N) is 1. The molecule has 0 unspecified atom stereocenters. The van der Waals surface area contributed by atoms with Gasteiger partial charge in [0.2, 0.25) is 0 Å². The van der Waals surface area contributed by atoms with Crippen LogP contribution < -0.4 is 0 Å². The van der Waals surface area contributed by atoms with Gasteiger partial charge in [-0.1, -0.05) is 57.0 Å². The number of benzene rings is 1. The molecule has 0 bridgehead atoms. The third kappa shape index (κ3) is 3.34. The van der Waals surface area contributed by atoms with Gasteiger partial charge in [0.15, 0.2) is 0 Å². The van der Waals surface area contributed by atoms with Gasteiger partial charge in [-0.2, -0.15) is 0 Å². The molecule has 0 spiro atoms. The highest BCUT2D eigenvalue weighted by Crippen LogP contribution is 2.37. The molecule has 1 heterocycles. The average Bonchev–Trinajstić information content (AvgIpc) is 3.01. The topological polar surface area (TPSA) is 12.9 Å². The Morgan fingerprint density at radius 2 is 1.81 bits per heavy atom. The average molecular weight is 279 g/mol. The van der Waals surface area contributed by atoms with Crippen LogP contribution in [0.4, 0.5) is 0 Å². The summed E-state index contributed by atoms with van der Waals surface area (Å²) in [6, 6.07) is 12.9. The predicted octanol–water partition coefficient (Wildman–Crippen LogP) is 5.60. The van der Waals surface area contributed by atoms with E-state index >= 15 is 0 Å². The van der Waals surface area contributed by atoms with E-state index in [-0.39, 0.29) is 0 Å². The maximum atomic E-state index is 4.76. The summed E-state index contributed by atoms with van der Waals surface area (Å²) in [5.74, 6) is 1.44. The molecule has 1 aliphatic rings. The van der Waals surface area contributed by atoms with Crippen LogP contribution in [0.2, 0.25) is 0 Å². The molecular weight excluding hydrogens is 254 g/mol. The summed E-state index contributed by atoms with van der Waals surface area (Å²) in [7, 11) is 0. The van der Waals surface area contributed by atoms with Gasteiger partial charge >= 0.3 is 0 Å². The highest BCUT2D eigenvalue weighted by atomic mass is 14.7. The third-order valence-electron chi connectivity index (χ3n) is 4.52. The Hall–Kier alpha value is -1.63. The van der Waals surface area contributed by atoms with Crippen molar-refractivity contribution < 1.29 is 0 Å². The fourth-order valence-electron chi connectivity index (χ4n) is 3.50. The Balaban J connectivity index is 1.98. The zero-order valence-corrected chi connectivity index (χ0v) is 13.2. The zero-order chi connectivity index (χ0) is 14.7. The second-order valence-corrected chi connectivity index (χ2v) is 6.71. The SMILES string of the molecule is CC(C)Cc1cc(-c2ccccc2)ncc1C1CCCC1. The lowest BCUT2D eigenvalue weighted by Gasteiger charge is -2.17. The van der Waals surface area contributed by atoms with E-state index in [1.54, 1.807) is 0 Å². The van der Waals surface area contributed by atoms with E-state index < -0.39 is 0 Å². The highest BCUT2D eigenvalue weighted by molar-refractivity contribution is 5.60. The van der Waals surface area contributed by atoms with Gasteiger partial charge in [-0.05, 0) is 48.3 Å². The van der Waals surface area contributed by atoms with Gasteiger partial charge in [-0.3, -0.25) is 4.98 Å². The maximum Gasteiger partial charge on any atom is 0.0704 e. The summed E-state index contributed by atoms with van der Waals surface area (Å²) in [4.78, 5) is 4.76. The van der Waals surface area contributed by atoms with Crippen molar-refractivity contribution in [1.29, 1.82) is 0 Å². The smallest absolute Gasteiger partial charge is 0.0704 e. The molecule has 0 aliphatic heterocycles. The molecule has 1 aromatic heterocycles. The van der Waals surface area contributed by atoms with Crippen LogP contribution in [-0.2, 0) is 6.42 Å². The van der Waals surface area contributed by atoms with Crippen LogP contribution in [-0.4, -0.2) is 4.98 Å². The largest absolute Gasteiger partial charge is 0.256 e. The Morgan fingerprint density at radius 3 is 2.48 bits per heavy atom. The lowest BCUT2D eigenvalue weighted by Crippen LogP contribution is -2.04. The van der Waals surface area contributed by atoms with Crippen molar-refractivity contribution in [2.75, 3.05) is 0 Å². The van der Waals surface area contributed by atoms with Gasteiger partial charge in [0.05, 0.1) is 5.69 Å². The van der Waals surface area contributed by atoms with Crippen LogP contribution in [0, 0.1) is 5.92 Å². The summed E-state index contributed by atoms with van der Waals surface area (Å²) in [5.41, 5.74) is 5.38. The molecule has 1 fully saturated rings. The molecule has 1 saturated carbocycles. The van der Waals surface area contributed by atoms with Crippen LogP contribution in [0.3, 0.4) is 0 Å². The van der Waals surface area contributed by atoms with Crippen molar-refractivity contribution in [2.24, 2.45) is 5.92 Å². The van der Waals surface area contributed by atoms with Gasteiger partial charge in [0.25, 0.3) is 0 Å². The highest BCUT2D eigenvalue weighted by Gasteiger charge is 2.21. The third-order valence-corrected chi connectivity index (χ3v) is 4.52. The number of rotatable bonds is 4. The summed E-state index contributed by atoms with van der Waals surface area (Å²) < 4.78 is 0. The van der Waals surface area contributed by atoms with E-state index in [9.17, 15) is 0 Å². The second-order valence-electron chi connectivity index (χ2n) is 6.71. The van der Waals surface area contributed by atoms with E-state index in [2.05, 4.69) is 56.4 Å². The number of hydrogen-bond acceptors (Lipinski definition) is 1. The first kappa shape index (κ1) is 14.3. The Labute approximate surface area is 128 Å². The molecular formula is C20H25N. The molecule has 1 aromatic carbocycles. The Bertz CT molecular complexity index is 580. The minimum atomic E-state index is 0.691. The van der Waals surface area contributed by atoms with E-state index in [1.807, 2.05) is 0 Å². The van der Waals surface area contributed by atoms with Crippen molar-refractivity contribution in [1.82, 2.24) is 4.98 Å². The summed E-state index contributed by atoms with van der Waals surface area (Å²) in [6.45, 7) is 4.61. The molecule has 0 N–H and O–H groups in total. The van der Waals surface area contributed by atoms with Crippen LogP contribution in [0.15, 0.2) is 42.6 Å². The van der Waals surface area contributed by atoms with Gasteiger partial charge < -0.3 is 0 Å². The first-order chi connectivity index (χ1) is 10.2. The summed E-state index contributed by atoms with van der Waals surface area (Å²) in [5, 5.41) is 0. The number of aromatic nitrogens is 1. The van der Waals surface area contributed by atoms with Gasteiger partial charge in [-0.15, -0.1) is 0 Å². The Morgan fingerprint density at radius 1 is 1.10 bits per heavy atom. The lowest BCUT2D eigenvalue weighted by molar-refractivity contribution is 0.627. The maximum absolute atomic E-state index is 4.76. The molecule has 1 nitrogen and oxygen atoms in total. The minimum Gasteiger partial charge on any atom is -0.256 e. The van der Waals surface area contributed by atoms with Crippen LogP contribution in [0.5, 0.6) is 0 Å². The van der Waals surface area contributed by atoms with Crippen LogP contribution in [0.25, 0.3) is 11.3 Å². The molecule has 2 aromatic rings. The van der Waals surface area contributed by atoms with Crippen molar-refractivity contribution in [3.8, 4) is 11.3 Å². The minimum absolute atomic E-state index is 0.691. The van der Waals surface area contributed by atoms with E-state index in [1.165, 1.54) is 42.4 Å². The van der Waals surface area contributed by atoms with Crippen molar-refractivity contribution >= 4 is 0 Å². The molecule has 0 radical (unpaired) electrons. The summed E-state index contributed by atoms with van der Waals surface area (Å²) in [6.07, 6.45) is 8.78. The van der Waals surface area contributed by atoms with Gasteiger partial charge in [0.1, 0.15) is 0 Å². The first-order valence-corrected chi connectivity index (χ1v) is 8.28. The van der Waals surface area contributed by atoms with Crippen molar-refractivity contribution in [3.05, 3.63) is 53.7 Å². The fraction of sp³-hybridized carbons (Fsp3) is 0.450. The van der Waals surface area contributed by atoms with E-state index in [0.29, 0.717) is 5.92 Å². The molecule has 0 atom stereocenters. The lowest BCUT2D eigenvalue weighted by atomic mass is 9.89. The predicted molar refractivity (Wildman–Crippen MR) is 89.4 cm³/mol. The first-order valence-electron chi connectivity index (χ1n) is 8.28. The van der Waals surface area contributed by atoms with Crippen molar-refractivity contribution in [3.63, 3.8) is 0 Å². The molecule has 0 amide bonds. The van der Waals surface area contributed by atoms with Gasteiger partial charge in [0, 0.05) is 11.8 Å². The van der Waals surface area contributed by atoms with Crippen LogP contribution in [0.1, 0.15) is 56.6 Å². The van der Waals surface area contributed by atoms with Crippen LogP contribution >= 0.6 is 0 Å². The molecule has 1 heteroatoms. The van der Waals surface area contributed by atoms with Gasteiger partial charge in [-0.25, -0.2) is 0 Å². The zero-order valence-electron chi connectivity index (χ0n) is 13.2. The second kappa shape index (κ2) is 6.43. The Kier molecular flexibility index (Phi) is 4.38. The fourth-order valence-corrected chi connectivity index (χ4v) is 3.50. The summed E-state index contributed by atoms with van der Waals surface area (Å²) >= 11 is 0. The molecule has 21 heavy (non-hydrogen) atoms. The quantitative estimate of drug-likeness (QED) is 0.709. The molecule has 1 aliphatic carbocycles. The monoisotopic (exact) mass is 279 g/mol. The normalized spacial score (nSPS) is 15.8. The van der Waals surface area contributed by atoms with E-state index in [0.717, 1.165) is 18.0 Å². The molecule has 0 saturated heterocycles. The molecule has 110 valence electrons. The number of hydrogen-bond donors (Lipinski definition) is 0. The number of pyridine rings is 1.